The fraction of sp³-hybridized carbons (Fsp3) is 0.417. The van der Waals surface area contributed by atoms with Crippen LogP contribution in [0.1, 0.15) is 63.4 Å². The zero-order valence-electron chi connectivity index (χ0n) is 18.0. The maximum absolute atomic E-state index is 12.5. The van der Waals surface area contributed by atoms with Gasteiger partial charge in [0.1, 0.15) is 5.75 Å². The third-order valence-corrected chi connectivity index (χ3v) is 4.61. The molecule has 0 heterocycles. The molecule has 2 N–H and O–H groups in total. The minimum absolute atomic E-state index is 0.0649. The lowest BCUT2D eigenvalue weighted by Crippen LogP contribution is -2.30. The molecule has 0 aliphatic rings. The molecule has 29 heavy (non-hydrogen) atoms. The molecule has 0 aromatic heterocycles. The number of hydrogen-bond donors (Lipinski definition) is 2. The van der Waals surface area contributed by atoms with E-state index in [-0.39, 0.29) is 17.2 Å². The Morgan fingerprint density at radius 1 is 1.07 bits per heavy atom. The van der Waals surface area contributed by atoms with Crippen LogP contribution in [0.4, 0.5) is 5.69 Å². The van der Waals surface area contributed by atoms with Gasteiger partial charge in [-0.15, -0.1) is 0 Å². The highest BCUT2D eigenvalue weighted by Gasteiger charge is 2.17. The number of unbranched alkanes of at least 4 members (excludes halogenated alkanes) is 1. The summed E-state index contributed by atoms with van der Waals surface area (Å²) in [6.45, 7) is 10.9. The second-order valence-electron chi connectivity index (χ2n) is 8.21. The Labute approximate surface area is 173 Å². The van der Waals surface area contributed by atoms with E-state index >= 15 is 0 Å². The van der Waals surface area contributed by atoms with Crippen LogP contribution in [0.15, 0.2) is 48.5 Å². The fourth-order valence-corrected chi connectivity index (χ4v) is 2.75. The van der Waals surface area contributed by atoms with Crippen molar-refractivity contribution in [3.05, 3.63) is 59.7 Å². The molecule has 0 aliphatic carbocycles. The summed E-state index contributed by atoms with van der Waals surface area (Å²) >= 11 is 0. The Morgan fingerprint density at radius 3 is 2.38 bits per heavy atom. The minimum atomic E-state index is -0.669. The number of rotatable bonds is 8. The molecule has 5 nitrogen and oxygen atoms in total. The van der Waals surface area contributed by atoms with Gasteiger partial charge in [0.05, 0.1) is 0 Å². The average Bonchev–Trinajstić information content (AvgIpc) is 2.68. The van der Waals surface area contributed by atoms with Crippen molar-refractivity contribution in [2.75, 3.05) is 11.9 Å². The first kappa shape index (κ1) is 22.5. The third-order valence-electron chi connectivity index (χ3n) is 4.61. The molecular formula is C24H32N2O3. The Kier molecular flexibility index (Phi) is 7.82. The van der Waals surface area contributed by atoms with Gasteiger partial charge in [0.25, 0.3) is 11.8 Å². The average molecular weight is 397 g/mol. The van der Waals surface area contributed by atoms with Crippen molar-refractivity contribution in [1.29, 1.82) is 0 Å². The number of hydrogen-bond acceptors (Lipinski definition) is 3. The first-order valence-electron chi connectivity index (χ1n) is 10.2. The van der Waals surface area contributed by atoms with Crippen LogP contribution in [-0.2, 0) is 10.2 Å². The molecule has 0 fully saturated rings. The van der Waals surface area contributed by atoms with Crippen LogP contribution >= 0.6 is 0 Å². The lowest BCUT2D eigenvalue weighted by atomic mass is 9.87. The summed E-state index contributed by atoms with van der Waals surface area (Å²) in [7, 11) is 0. The van der Waals surface area contributed by atoms with Gasteiger partial charge >= 0.3 is 0 Å². The summed E-state index contributed by atoms with van der Waals surface area (Å²) in [5, 5.41) is 5.69. The first-order chi connectivity index (χ1) is 13.7. The summed E-state index contributed by atoms with van der Waals surface area (Å²) in [6, 6.07) is 14.7. The van der Waals surface area contributed by atoms with Crippen LogP contribution in [0.25, 0.3) is 0 Å². The van der Waals surface area contributed by atoms with Gasteiger partial charge in [-0.05, 0) is 54.7 Å². The fourth-order valence-electron chi connectivity index (χ4n) is 2.75. The molecule has 1 unspecified atom stereocenters. The molecule has 2 aromatic carbocycles. The number of carbonyl (C=O) groups excluding carboxylic acids is 2. The standard InChI is InChI=1S/C24H32N2O3/c1-6-7-15-25-23(28)18-9-8-10-20(16-18)26-22(27)17(2)29-21-13-11-19(12-14-21)24(3,4)5/h8-14,16-17H,6-7,15H2,1-5H3,(H,25,28)(H,26,27). The third kappa shape index (κ3) is 6.93. The number of anilines is 1. The molecule has 0 radical (unpaired) electrons. The Morgan fingerprint density at radius 2 is 1.76 bits per heavy atom. The van der Waals surface area contributed by atoms with Crippen molar-refractivity contribution in [3.8, 4) is 5.75 Å². The summed E-state index contributed by atoms with van der Waals surface area (Å²) < 4.78 is 5.77. The highest BCUT2D eigenvalue weighted by Crippen LogP contribution is 2.24. The summed E-state index contributed by atoms with van der Waals surface area (Å²) in [4.78, 5) is 24.7. The number of benzene rings is 2. The molecule has 0 aliphatic heterocycles. The van der Waals surface area contributed by atoms with Gasteiger partial charge in [0.2, 0.25) is 0 Å². The minimum Gasteiger partial charge on any atom is -0.481 e. The van der Waals surface area contributed by atoms with E-state index in [0.29, 0.717) is 23.5 Å². The molecule has 0 bridgehead atoms. The van der Waals surface area contributed by atoms with Gasteiger partial charge in [-0.3, -0.25) is 9.59 Å². The smallest absolute Gasteiger partial charge is 0.265 e. The highest BCUT2D eigenvalue weighted by atomic mass is 16.5. The maximum atomic E-state index is 12.5. The van der Waals surface area contributed by atoms with Crippen LogP contribution < -0.4 is 15.4 Å². The summed E-state index contributed by atoms with van der Waals surface area (Å²) in [5.41, 5.74) is 2.35. The normalized spacial score (nSPS) is 12.2. The molecule has 0 saturated carbocycles. The van der Waals surface area contributed by atoms with E-state index < -0.39 is 6.10 Å². The SMILES string of the molecule is CCCCNC(=O)c1cccc(NC(=O)C(C)Oc2ccc(C(C)(C)C)cc2)c1. The van der Waals surface area contributed by atoms with Gasteiger partial charge in [0.15, 0.2) is 6.10 Å². The quantitative estimate of drug-likeness (QED) is 0.622. The van der Waals surface area contributed by atoms with Gasteiger partial charge in [-0.25, -0.2) is 0 Å². The first-order valence-corrected chi connectivity index (χ1v) is 10.2. The molecular weight excluding hydrogens is 364 g/mol. The lowest BCUT2D eigenvalue weighted by Gasteiger charge is -2.20. The monoisotopic (exact) mass is 396 g/mol. The van der Waals surface area contributed by atoms with Crippen molar-refractivity contribution in [1.82, 2.24) is 5.32 Å². The molecule has 5 heteroatoms. The van der Waals surface area contributed by atoms with E-state index in [1.165, 1.54) is 5.56 Å². The molecule has 2 aromatic rings. The molecule has 0 saturated heterocycles. The van der Waals surface area contributed by atoms with Gasteiger partial charge in [-0.1, -0.05) is 52.3 Å². The predicted octanol–water partition coefficient (Wildman–Crippen LogP) is 4.92. The maximum Gasteiger partial charge on any atom is 0.265 e. The van der Waals surface area contributed by atoms with Crippen LogP contribution in [0, 0.1) is 0 Å². The van der Waals surface area contributed by atoms with E-state index in [4.69, 9.17) is 4.74 Å². The summed E-state index contributed by atoms with van der Waals surface area (Å²) in [5.74, 6) is 0.232. The van der Waals surface area contributed by atoms with Crippen LogP contribution in [-0.4, -0.2) is 24.5 Å². The molecule has 0 spiro atoms. The molecule has 2 rings (SSSR count). The second kappa shape index (κ2) is 10.1. The van der Waals surface area contributed by atoms with Gasteiger partial charge in [-0.2, -0.15) is 0 Å². The van der Waals surface area contributed by atoms with Crippen LogP contribution in [0.2, 0.25) is 0 Å². The molecule has 1 atom stereocenters. The van der Waals surface area contributed by atoms with Crippen molar-refractivity contribution in [3.63, 3.8) is 0 Å². The van der Waals surface area contributed by atoms with E-state index in [2.05, 4.69) is 38.3 Å². The largest absolute Gasteiger partial charge is 0.481 e. The van der Waals surface area contributed by atoms with Gasteiger partial charge in [0, 0.05) is 17.8 Å². The van der Waals surface area contributed by atoms with Crippen LogP contribution in [0.3, 0.4) is 0 Å². The van der Waals surface area contributed by atoms with Gasteiger partial charge < -0.3 is 15.4 Å². The second-order valence-corrected chi connectivity index (χ2v) is 8.21. The topological polar surface area (TPSA) is 67.4 Å². The van der Waals surface area contributed by atoms with Crippen molar-refractivity contribution in [2.24, 2.45) is 0 Å². The molecule has 156 valence electrons. The lowest BCUT2D eigenvalue weighted by molar-refractivity contribution is -0.122. The Hall–Kier alpha value is -2.82. The van der Waals surface area contributed by atoms with Crippen molar-refractivity contribution >= 4 is 17.5 Å². The summed E-state index contributed by atoms with van der Waals surface area (Å²) in [6.07, 6.45) is 1.29. The van der Waals surface area contributed by atoms with Crippen LogP contribution in [0.5, 0.6) is 5.75 Å². The zero-order chi connectivity index (χ0) is 21.4. The predicted molar refractivity (Wildman–Crippen MR) is 118 cm³/mol. The molecule has 2 amide bonds. The zero-order valence-corrected chi connectivity index (χ0v) is 18.0. The number of amides is 2. The van der Waals surface area contributed by atoms with E-state index in [0.717, 1.165) is 12.8 Å². The van der Waals surface area contributed by atoms with Crippen molar-refractivity contribution in [2.45, 2.75) is 59.0 Å². The Bertz CT molecular complexity index is 823. The highest BCUT2D eigenvalue weighted by molar-refractivity contribution is 5.98. The van der Waals surface area contributed by atoms with E-state index in [1.54, 1.807) is 31.2 Å². The number of ether oxygens (including phenoxy) is 1. The van der Waals surface area contributed by atoms with Crippen molar-refractivity contribution < 1.29 is 14.3 Å². The Balaban J connectivity index is 1.95. The van der Waals surface area contributed by atoms with E-state index in [1.807, 2.05) is 24.3 Å². The number of carbonyl (C=O) groups is 2. The number of nitrogens with one attached hydrogen (secondary N) is 2. The van der Waals surface area contributed by atoms with E-state index in [9.17, 15) is 9.59 Å².